The van der Waals surface area contributed by atoms with Gasteiger partial charge >= 0.3 is 0 Å². The second kappa shape index (κ2) is 9.04. The van der Waals surface area contributed by atoms with E-state index >= 15 is 0 Å². The molecule has 27 heavy (non-hydrogen) atoms. The van der Waals surface area contributed by atoms with Gasteiger partial charge in [-0.1, -0.05) is 12.1 Å². The zero-order valence-corrected chi connectivity index (χ0v) is 16.2. The standard InChI is InChI=1S/C21H32N4O2/c26-21(17-23-11-7-18(8-12-23)24-9-3-4-10-24)22-19-5-1-2-6-20(19)25-13-15-27-16-14-25/h1-2,5-6,18H,3-4,7-17H2,(H,22,26). The molecule has 3 fully saturated rings. The molecule has 6 heteroatoms. The largest absolute Gasteiger partial charge is 0.378 e. The third kappa shape index (κ3) is 4.81. The highest BCUT2D eigenvalue weighted by Crippen LogP contribution is 2.26. The summed E-state index contributed by atoms with van der Waals surface area (Å²) in [5, 5.41) is 3.15. The number of likely N-dealkylation sites (tertiary alicyclic amines) is 2. The van der Waals surface area contributed by atoms with Gasteiger partial charge in [-0.3, -0.25) is 9.69 Å². The van der Waals surface area contributed by atoms with E-state index in [4.69, 9.17) is 4.74 Å². The Morgan fingerprint density at radius 3 is 2.44 bits per heavy atom. The lowest BCUT2D eigenvalue weighted by atomic mass is 10.0. The van der Waals surface area contributed by atoms with Crippen molar-refractivity contribution >= 4 is 17.3 Å². The molecule has 1 aromatic rings. The predicted octanol–water partition coefficient (Wildman–Crippen LogP) is 2.02. The smallest absolute Gasteiger partial charge is 0.238 e. The first-order valence-electron chi connectivity index (χ1n) is 10.5. The van der Waals surface area contributed by atoms with Gasteiger partial charge in [0.15, 0.2) is 0 Å². The molecule has 3 heterocycles. The topological polar surface area (TPSA) is 48.1 Å². The molecule has 1 aromatic carbocycles. The number of para-hydroxylation sites is 2. The quantitative estimate of drug-likeness (QED) is 0.857. The van der Waals surface area contributed by atoms with Crippen LogP contribution in [0.15, 0.2) is 24.3 Å². The Morgan fingerprint density at radius 1 is 1.00 bits per heavy atom. The fraction of sp³-hybridized carbons (Fsp3) is 0.667. The van der Waals surface area contributed by atoms with E-state index in [-0.39, 0.29) is 5.91 Å². The molecule has 0 aliphatic carbocycles. The van der Waals surface area contributed by atoms with Crippen LogP contribution in [0, 0.1) is 0 Å². The van der Waals surface area contributed by atoms with Crippen LogP contribution in [-0.2, 0) is 9.53 Å². The molecule has 0 aromatic heterocycles. The van der Waals surface area contributed by atoms with Gasteiger partial charge in [0.1, 0.15) is 0 Å². The molecular formula is C21H32N4O2. The second-order valence-electron chi connectivity index (χ2n) is 7.92. The Kier molecular flexibility index (Phi) is 6.27. The van der Waals surface area contributed by atoms with Gasteiger partial charge < -0.3 is 19.9 Å². The van der Waals surface area contributed by atoms with Gasteiger partial charge in [0, 0.05) is 32.2 Å². The molecular weight excluding hydrogens is 340 g/mol. The fourth-order valence-corrected chi connectivity index (χ4v) is 4.60. The van der Waals surface area contributed by atoms with E-state index in [1.807, 2.05) is 18.2 Å². The number of anilines is 2. The number of carbonyl (C=O) groups excluding carboxylic acids is 1. The van der Waals surface area contributed by atoms with Gasteiger partial charge in [-0.2, -0.15) is 0 Å². The maximum absolute atomic E-state index is 12.6. The fourth-order valence-electron chi connectivity index (χ4n) is 4.60. The summed E-state index contributed by atoms with van der Waals surface area (Å²) in [5.74, 6) is 0.0929. The average Bonchev–Trinajstić information content (AvgIpc) is 3.24. The number of piperidine rings is 1. The lowest BCUT2D eigenvalue weighted by Gasteiger charge is -2.36. The van der Waals surface area contributed by atoms with E-state index in [1.165, 1.54) is 38.8 Å². The van der Waals surface area contributed by atoms with Crippen molar-refractivity contribution in [3.8, 4) is 0 Å². The number of nitrogens with one attached hydrogen (secondary N) is 1. The predicted molar refractivity (Wildman–Crippen MR) is 108 cm³/mol. The molecule has 0 atom stereocenters. The van der Waals surface area contributed by atoms with E-state index in [0.717, 1.165) is 56.8 Å². The third-order valence-corrected chi connectivity index (χ3v) is 6.11. The van der Waals surface area contributed by atoms with Gasteiger partial charge in [-0.05, 0) is 50.9 Å². The number of hydrogen-bond donors (Lipinski definition) is 1. The van der Waals surface area contributed by atoms with Crippen molar-refractivity contribution in [1.82, 2.24) is 9.80 Å². The Labute approximate surface area is 162 Å². The number of benzene rings is 1. The minimum atomic E-state index is 0.0929. The van der Waals surface area contributed by atoms with E-state index in [2.05, 4.69) is 26.1 Å². The summed E-state index contributed by atoms with van der Waals surface area (Å²) in [6.07, 6.45) is 5.09. The first-order chi connectivity index (χ1) is 13.3. The number of amides is 1. The first-order valence-corrected chi connectivity index (χ1v) is 10.5. The van der Waals surface area contributed by atoms with Gasteiger partial charge in [-0.25, -0.2) is 0 Å². The van der Waals surface area contributed by atoms with Crippen molar-refractivity contribution in [3.05, 3.63) is 24.3 Å². The van der Waals surface area contributed by atoms with Crippen LogP contribution in [0.4, 0.5) is 11.4 Å². The molecule has 3 aliphatic heterocycles. The Bertz CT molecular complexity index is 618. The summed E-state index contributed by atoms with van der Waals surface area (Å²) in [7, 11) is 0. The highest BCUT2D eigenvalue weighted by atomic mass is 16.5. The van der Waals surface area contributed by atoms with Crippen molar-refractivity contribution in [2.24, 2.45) is 0 Å². The lowest BCUT2D eigenvalue weighted by molar-refractivity contribution is -0.117. The van der Waals surface area contributed by atoms with E-state index in [0.29, 0.717) is 6.54 Å². The molecule has 148 valence electrons. The Balaban J connectivity index is 1.28. The lowest BCUT2D eigenvalue weighted by Crippen LogP contribution is -2.46. The summed E-state index contributed by atoms with van der Waals surface area (Å²) in [6, 6.07) is 8.84. The van der Waals surface area contributed by atoms with Crippen molar-refractivity contribution in [2.45, 2.75) is 31.7 Å². The van der Waals surface area contributed by atoms with Crippen molar-refractivity contribution in [3.63, 3.8) is 0 Å². The third-order valence-electron chi connectivity index (χ3n) is 6.11. The van der Waals surface area contributed by atoms with E-state index < -0.39 is 0 Å². The minimum absolute atomic E-state index is 0.0929. The second-order valence-corrected chi connectivity index (χ2v) is 7.92. The number of hydrogen-bond acceptors (Lipinski definition) is 5. The van der Waals surface area contributed by atoms with Crippen molar-refractivity contribution in [2.75, 3.05) is 69.2 Å². The van der Waals surface area contributed by atoms with E-state index in [9.17, 15) is 4.79 Å². The molecule has 1 amide bonds. The van der Waals surface area contributed by atoms with Crippen LogP contribution < -0.4 is 10.2 Å². The van der Waals surface area contributed by atoms with Crippen LogP contribution in [0.25, 0.3) is 0 Å². The number of carbonyl (C=O) groups is 1. The van der Waals surface area contributed by atoms with Gasteiger partial charge in [0.25, 0.3) is 0 Å². The molecule has 3 aliphatic rings. The zero-order valence-electron chi connectivity index (χ0n) is 16.2. The van der Waals surface area contributed by atoms with Gasteiger partial charge in [-0.15, -0.1) is 0 Å². The van der Waals surface area contributed by atoms with Crippen LogP contribution in [0.1, 0.15) is 25.7 Å². The number of nitrogens with zero attached hydrogens (tertiary/aromatic N) is 3. The molecule has 0 radical (unpaired) electrons. The van der Waals surface area contributed by atoms with Crippen molar-refractivity contribution < 1.29 is 9.53 Å². The monoisotopic (exact) mass is 372 g/mol. The van der Waals surface area contributed by atoms with Crippen LogP contribution in [0.5, 0.6) is 0 Å². The summed E-state index contributed by atoms with van der Waals surface area (Å²) in [4.78, 5) is 19.9. The number of morpholine rings is 1. The number of rotatable bonds is 5. The van der Waals surface area contributed by atoms with Gasteiger partial charge in [0.05, 0.1) is 31.1 Å². The highest BCUT2D eigenvalue weighted by Gasteiger charge is 2.27. The molecule has 0 unspecified atom stereocenters. The maximum atomic E-state index is 12.6. The number of ether oxygens (including phenoxy) is 1. The minimum Gasteiger partial charge on any atom is -0.378 e. The van der Waals surface area contributed by atoms with Crippen LogP contribution in [0.3, 0.4) is 0 Å². The van der Waals surface area contributed by atoms with Crippen LogP contribution in [0.2, 0.25) is 0 Å². The summed E-state index contributed by atoms with van der Waals surface area (Å²) in [5.41, 5.74) is 2.01. The average molecular weight is 373 g/mol. The molecule has 6 nitrogen and oxygen atoms in total. The SMILES string of the molecule is O=C(CN1CCC(N2CCCC2)CC1)Nc1ccccc1N1CCOCC1. The van der Waals surface area contributed by atoms with Crippen molar-refractivity contribution in [1.29, 1.82) is 0 Å². The molecule has 0 bridgehead atoms. The molecule has 0 spiro atoms. The van der Waals surface area contributed by atoms with Crippen LogP contribution >= 0.6 is 0 Å². The highest BCUT2D eigenvalue weighted by molar-refractivity contribution is 5.95. The van der Waals surface area contributed by atoms with Crippen LogP contribution in [-0.4, -0.2) is 80.8 Å². The van der Waals surface area contributed by atoms with E-state index in [1.54, 1.807) is 0 Å². The summed E-state index contributed by atoms with van der Waals surface area (Å²) in [6.45, 7) is 8.31. The Morgan fingerprint density at radius 2 is 1.70 bits per heavy atom. The molecule has 1 N–H and O–H groups in total. The van der Waals surface area contributed by atoms with Gasteiger partial charge in [0.2, 0.25) is 5.91 Å². The normalized spacial score (nSPS) is 22.9. The Hall–Kier alpha value is -1.63. The molecule has 4 rings (SSSR count). The molecule has 3 saturated heterocycles. The maximum Gasteiger partial charge on any atom is 0.238 e. The summed E-state index contributed by atoms with van der Waals surface area (Å²) >= 11 is 0. The first kappa shape index (κ1) is 18.7. The molecule has 0 saturated carbocycles. The zero-order chi connectivity index (χ0) is 18.5. The summed E-state index contributed by atoms with van der Waals surface area (Å²) < 4.78 is 5.45.